The van der Waals surface area contributed by atoms with Crippen LogP contribution in [0.25, 0.3) is 10.9 Å². The normalized spacial score (nSPS) is 12.7. The number of aromatic carboxylic acids is 1. The van der Waals surface area contributed by atoms with Crippen molar-refractivity contribution < 1.29 is 9.90 Å². The second-order valence-electron chi connectivity index (χ2n) is 5.43. The number of carbonyl (C=O) groups is 1. The van der Waals surface area contributed by atoms with E-state index in [-0.39, 0.29) is 0 Å². The molecule has 1 N–H and O–H groups in total. The van der Waals surface area contributed by atoms with Gasteiger partial charge in [-0.1, -0.05) is 39.2 Å². The molecule has 0 fully saturated rings. The molecular weight excluding hydrogens is 250 g/mol. The number of unbranched alkanes of at least 4 members (excludes halogenated alkanes) is 1. The Morgan fingerprint density at radius 2 is 2.10 bits per heavy atom. The van der Waals surface area contributed by atoms with Gasteiger partial charge in [-0.3, -0.25) is 0 Å². The van der Waals surface area contributed by atoms with Crippen LogP contribution in [0.3, 0.4) is 0 Å². The standard InChI is InChI=1S/C17H23NO2/c1-3-5-7-13(4-2)12-18-11-10-14-15(17(19)20)8-6-9-16(14)18/h6,8-11,13H,3-5,7,12H2,1-2H3,(H,19,20). The summed E-state index contributed by atoms with van der Waals surface area (Å²) in [5.74, 6) is -0.189. The van der Waals surface area contributed by atoms with Crippen LogP contribution in [0.4, 0.5) is 0 Å². The highest BCUT2D eigenvalue weighted by atomic mass is 16.4. The molecule has 0 aliphatic heterocycles. The fourth-order valence-electron chi connectivity index (χ4n) is 2.76. The van der Waals surface area contributed by atoms with Crippen molar-refractivity contribution in [3.05, 3.63) is 36.0 Å². The van der Waals surface area contributed by atoms with E-state index in [1.54, 1.807) is 6.07 Å². The average molecular weight is 273 g/mol. The van der Waals surface area contributed by atoms with E-state index in [0.29, 0.717) is 11.5 Å². The number of benzene rings is 1. The molecule has 0 amide bonds. The number of hydrogen-bond acceptors (Lipinski definition) is 1. The summed E-state index contributed by atoms with van der Waals surface area (Å²) in [6.45, 7) is 5.43. The Hall–Kier alpha value is -1.77. The Morgan fingerprint density at radius 1 is 1.30 bits per heavy atom. The van der Waals surface area contributed by atoms with Gasteiger partial charge in [0, 0.05) is 23.6 Å². The fourth-order valence-corrected chi connectivity index (χ4v) is 2.76. The zero-order valence-electron chi connectivity index (χ0n) is 12.3. The minimum Gasteiger partial charge on any atom is -0.478 e. The Morgan fingerprint density at radius 3 is 2.75 bits per heavy atom. The molecule has 0 aliphatic carbocycles. The van der Waals surface area contributed by atoms with Crippen LogP contribution in [-0.4, -0.2) is 15.6 Å². The second-order valence-corrected chi connectivity index (χ2v) is 5.43. The first kappa shape index (κ1) is 14.6. The van der Waals surface area contributed by atoms with Crippen molar-refractivity contribution in [2.75, 3.05) is 0 Å². The molecule has 2 aromatic rings. The summed E-state index contributed by atoms with van der Waals surface area (Å²) in [4.78, 5) is 11.2. The summed E-state index contributed by atoms with van der Waals surface area (Å²) >= 11 is 0. The maximum absolute atomic E-state index is 11.2. The van der Waals surface area contributed by atoms with Crippen LogP contribution in [0.15, 0.2) is 30.5 Å². The van der Waals surface area contributed by atoms with Crippen molar-refractivity contribution in [2.45, 2.75) is 46.1 Å². The lowest BCUT2D eigenvalue weighted by atomic mass is 9.99. The van der Waals surface area contributed by atoms with E-state index in [2.05, 4.69) is 18.4 Å². The summed E-state index contributed by atoms with van der Waals surface area (Å²) in [6.07, 6.45) is 6.92. The molecule has 20 heavy (non-hydrogen) atoms. The largest absolute Gasteiger partial charge is 0.478 e. The molecule has 1 heterocycles. The van der Waals surface area contributed by atoms with Crippen molar-refractivity contribution >= 4 is 16.9 Å². The predicted octanol–water partition coefficient (Wildman–Crippen LogP) is 4.56. The molecule has 1 atom stereocenters. The first-order valence-corrected chi connectivity index (χ1v) is 7.48. The van der Waals surface area contributed by atoms with Crippen LogP contribution in [0.1, 0.15) is 49.9 Å². The molecule has 0 saturated heterocycles. The number of fused-ring (bicyclic) bond motifs is 1. The molecule has 1 unspecified atom stereocenters. The van der Waals surface area contributed by atoms with Gasteiger partial charge in [0.25, 0.3) is 0 Å². The lowest BCUT2D eigenvalue weighted by Gasteiger charge is -2.16. The Labute approximate surface area is 120 Å². The molecule has 1 aromatic heterocycles. The summed E-state index contributed by atoms with van der Waals surface area (Å²) < 4.78 is 2.20. The summed E-state index contributed by atoms with van der Waals surface area (Å²) in [6, 6.07) is 7.43. The second kappa shape index (κ2) is 6.60. The van der Waals surface area contributed by atoms with Gasteiger partial charge in [0.05, 0.1) is 5.56 Å². The predicted molar refractivity (Wildman–Crippen MR) is 82.2 cm³/mol. The van der Waals surface area contributed by atoms with Crippen LogP contribution in [0, 0.1) is 5.92 Å². The highest BCUT2D eigenvalue weighted by molar-refractivity contribution is 6.02. The minimum atomic E-state index is -0.855. The van der Waals surface area contributed by atoms with Gasteiger partial charge >= 0.3 is 5.97 Å². The van der Waals surface area contributed by atoms with Gasteiger partial charge in [0.1, 0.15) is 0 Å². The Bertz CT molecular complexity index is 586. The van der Waals surface area contributed by atoms with E-state index in [1.807, 2.05) is 24.4 Å². The molecular formula is C17H23NO2. The first-order chi connectivity index (χ1) is 9.67. The smallest absolute Gasteiger partial charge is 0.336 e. The Kier molecular flexibility index (Phi) is 4.83. The first-order valence-electron chi connectivity index (χ1n) is 7.48. The quantitative estimate of drug-likeness (QED) is 0.803. The third-order valence-corrected chi connectivity index (χ3v) is 4.04. The number of hydrogen-bond donors (Lipinski definition) is 1. The molecule has 0 saturated carbocycles. The molecule has 3 nitrogen and oxygen atoms in total. The molecule has 0 radical (unpaired) electrons. The third-order valence-electron chi connectivity index (χ3n) is 4.04. The van der Waals surface area contributed by atoms with Gasteiger partial charge in [0.15, 0.2) is 0 Å². The zero-order chi connectivity index (χ0) is 14.5. The summed E-state index contributed by atoms with van der Waals surface area (Å²) in [5, 5.41) is 10.1. The number of carboxylic acids is 1. The van der Waals surface area contributed by atoms with Gasteiger partial charge in [0.2, 0.25) is 0 Å². The Balaban J connectivity index is 2.27. The van der Waals surface area contributed by atoms with E-state index in [9.17, 15) is 9.90 Å². The lowest BCUT2D eigenvalue weighted by molar-refractivity contribution is 0.0699. The van der Waals surface area contributed by atoms with Crippen molar-refractivity contribution in [3.8, 4) is 0 Å². The highest BCUT2D eigenvalue weighted by Gasteiger charge is 2.13. The van der Waals surface area contributed by atoms with Crippen molar-refractivity contribution in [3.63, 3.8) is 0 Å². The lowest BCUT2D eigenvalue weighted by Crippen LogP contribution is -2.09. The van der Waals surface area contributed by atoms with Gasteiger partial charge in [-0.2, -0.15) is 0 Å². The van der Waals surface area contributed by atoms with E-state index in [1.165, 1.54) is 19.3 Å². The van der Waals surface area contributed by atoms with Crippen LogP contribution in [0.5, 0.6) is 0 Å². The van der Waals surface area contributed by atoms with Crippen molar-refractivity contribution in [2.24, 2.45) is 5.92 Å². The third kappa shape index (κ3) is 3.03. The van der Waals surface area contributed by atoms with Crippen molar-refractivity contribution in [1.29, 1.82) is 0 Å². The zero-order valence-corrected chi connectivity index (χ0v) is 12.3. The molecule has 0 aliphatic rings. The summed E-state index contributed by atoms with van der Waals surface area (Å²) in [5.41, 5.74) is 1.42. The molecule has 1 aromatic carbocycles. The topological polar surface area (TPSA) is 42.2 Å². The van der Waals surface area contributed by atoms with E-state index in [0.717, 1.165) is 23.9 Å². The van der Waals surface area contributed by atoms with E-state index in [4.69, 9.17) is 0 Å². The molecule has 0 bridgehead atoms. The molecule has 108 valence electrons. The van der Waals surface area contributed by atoms with Crippen LogP contribution in [0.2, 0.25) is 0 Å². The van der Waals surface area contributed by atoms with Crippen LogP contribution < -0.4 is 0 Å². The van der Waals surface area contributed by atoms with Crippen LogP contribution >= 0.6 is 0 Å². The van der Waals surface area contributed by atoms with E-state index < -0.39 is 5.97 Å². The van der Waals surface area contributed by atoms with Gasteiger partial charge in [-0.05, 0) is 30.5 Å². The van der Waals surface area contributed by atoms with Gasteiger partial charge in [-0.25, -0.2) is 4.79 Å². The maximum Gasteiger partial charge on any atom is 0.336 e. The average Bonchev–Trinajstić information content (AvgIpc) is 2.86. The van der Waals surface area contributed by atoms with Crippen molar-refractivity contribution in [1.82, 2.24) is 4.57 Å². The number of nitrogens with zero attached hydrogens (tertiary/aromatic N) is 1. The fraction of sp³-hybridized carbons (Fsp3) is 0.471. The van der Waals surface area contributed by atoms with Gasteiger partial charge < -0.3 is 9.67 Å². The molecule has 2 rings (SSSR count). The maximum atomic E-state index is 11.2. The monoisotopic (exact) mass is 273 g/mol. The number of aromatic nitrogens is 1. The summed E-state index contributed by atoms with van der Waals surface area (Å²) in [7, 11) is 0. The SMILES string of the molecule is CCCCC(CC)Cn1ccc2c(C(=O)O)cccc21. The van der Waals surface area contributed by atoms with Crippen LogP contribution in [-0.2, 0) is 6.54 Å². The molecule has 3 heteroatoms. The molecule has 0 spiro atoms. The van der Waals surface area contributed by atoms with Gasteiger partial charge in [-0.15, -0.1) is 0 Å². The number of rotatable bonds is 7. The highest BCUT2D eigenvalue weighted by Crippen LogP contribution is 2.23. The minimum absolute atomic E-state index is 0.392. The number of carboxylic acid groups (broad SMARTS) is 1. The van der Waals surface area contributed by atoms with E-state index >= 15 is 0 Å².